The quantitative estimate of drug-likeness (QED) is 0.780. The topological polar surface area (TPSA) is 70.4 Å². The molecule has 0 amide bonds. The molecule has 1 aromatic heterocycles. The summed E-state index contributed by atoms with van der Waals surface area (Å²) < 4.78 is 1.91. The van der Waals surface area contributed by atoms with Crippen molar-refractivity contribution in [2.45, 2.75) is 32.5 Å². The third kappa shape index (κ3) is 3.08. The first kappa shape index (κ1) is 13.0. The smallest absolute Gasteiger partial charge is 0.322 e. The summed E-state index contributed by atoms with van der Waals surface area (Å²) in [4.78, 5) is 13.2. The molecule has 1 unspecified atom stereocenters. The van der Waals surface area contributed by atoms with E-state index < -0.39 is 12.0 Å². The highest BCUT2D eigenvalue weighted by atomic mass is 16.4. The molecule has 1 atom stereocenters. The van der Waals surface area contributed by atoms with Crippen molar-refractivity contribution in [2.24, 2.45) is 0 Å². The number of nitrogens with zero attached hydrogens (tertiary/aromatic N) is 3. The van der Waals surface area contributed by atoms with Gasteiger partial charge in [0.05, 0.1) is 6.20 Å². The Kier molecular flexibility index (Phi) is 4.33. The zero-order valence-electron chi connectivity index (χ0n) is 10.7. The summed E-state index contributed by atoms with van der Waals surface area (Å²) in [5.41, 5.74) is 1.08. The van der Waals surface area contributed by atoms with Gasteiger partial charge in [-0.3, -0.25) is 14.4 Å². The van der Waals surface area contributed by atoms with Crippen LogP contribution in [0.1, 0.15) is 18.9 Å². The zero-order valence-corrected chi connectivity index (χ0v) is 10.7. The highest BCUT2D eigenvalue weighted by molar-refractivity contribution is 5.73. The summed E-state index contributed by atoms with van der Waals surface area (Å²) in [5.74, 6) is -0.761. The van der Waals surface area contributed by atoms with Crippen LogP contribution in [-0.2, 0) is 17.9 Å². The zero-order chi connectivity index (χ0) is 13.0. The first-order chi connectivity index (χ1) is 8.70. The molecule has 18 heavy (non-hydrogen) atoms. The van der Waals surface area contributed by atoms with Crippen LogP contribution in [0.5, 0.6) is 0 Å². The molecule has 1 aromatic rings. The first-order valence-electron chi connectivity index (χ1n) is 6.39. The van der Waals surface area contributed by atoms with Gasteiger partial charge in [0, 0.05) is 44.5 Å². The van der Waals surface area contributed by atoms with Crippen LogP contribution in [0.3, 0.4) is 0 Å². The van der Waals surface area contributed by atoms with Crippen molar-refractivity contribution in [3.8, 4) is 0 Å². The van der Waals surface area contributed by atoms with Crippen LogP contribution in [0.15, 0.2) is 12.4 Å². The molecule has 2 heterocycles. The predicted octanol–water partition coefficient (Wildman–Crippen LogP) is 0.152. The number of aryl methyl sites for hydroxylation is 1. The maximum absolute atomic E-state index is 11.2. The van der Waals surface area contributed by atoms with Crippen LogP contribution < -0.4 is 5.32 Å². The fraction of sp³-hybridized carbons (Fsp3) is 0.667. The molecule has 1 aliphatic rings. The highest BCUT2D eigenvalue weighted by Gasteiger charge is 2.28. The Morgan fingerprint density at radius 2 is 2.50 bits per heavy atom. The van der Waals surface area contributed by atoms with Gasteiger partial charge in [0.25, 0.3) is 0 Å². The summed E-state index contributed by atoms with van der Waals surface area (Å²) in [5, 5.41) is 16.6. The van der Waals surface area contributed by atoms with Crippen molar-refractivity contribution >= 4 is 5.97 Å². The number of nitrogens with one attached hydrogen (secondary N) is 1. The van der Waals surface area contributed by atoms with Gasteiger partial charge in [0.1, 0.15) is 6.04 Å². The van der Waals surface area contributed by atoms with Gasteiger partial charge in [-0.05, 0) is 6.42 Å². The van der Waals surface area contributed by atoms with E-state index in [1.807, 2.05) is 22.0 Å². The maximum Gasteiger partial charge on any atom is 0.322 e. The Balaban J connectivity index is 1.99. The molecule has 6 nitrogen and oxygen atoms in total. The third-order valence-corrected chi connectivity index (χ3v) is 3.16. The lowest BCUT2D eigenvalue weighted by Crippen LogP contribution is -2.54. The molecule has 2 N–H and O–H groups in total. The second-order valence-electron chi connectivity index (χ2n) is 4.64. The van der Waals surface area contributed by atoms with E-state index in [4.69, 9.17) is 0 Å². The molecular weight excluding hydrogens is 232 g/mol. The molecule has 0 radical (unpaired) electrons. The lowest BCUT2D eigenvalue weighted by molar-refractivity contribution is -0.144. The number of carboxylic acids is 1. The molecule has 0 saturated carbocycles. The Hall–Kier alpha value is -1.40. The summed E-state index contributed by atoms with van der Waals surface area (Å²) in [6, 6.07) is -0.437. The fourth-order valence-electron chi connectivity index (χ4n) is 2.25. The minimum absolute atomic E-state index is 0.437. The lowest BCUT2D eigenvalue weighted by atomic mass is 10.1. The summed E-state index contributed by atoms with van der Waals surface area (Å²) >= 11 is 0. The minimum Gasteiger partial charge on any atom is -0.480 e. The van der Waals surface area contributed by atoms with Gasteiger partial charge < -0.3 is 10.4 Å². The molecule has 1 aliphatic heterocycles. The number of carbonyl (C=O) groups is 1. The number of aliphatic carboxylic acids is 1. The number of carboxylic acid groups (broad SMARTS) is 1. The SMILES string of the molecule is CCCn1cc(CN2CCNCC2C(=O)O)cn1. The Morgan fingerprint density at radius 1 is 1.67 bits per heavy atom. The normalized spacial score (nSPS) is 21.1. The number of piperazine rings is 1. The summed E-state index contributed by atoms with van der Waals surface area (Å²) in [6.07, 6.45) is 4.88. The summed E-state index contributed by atoms with van der Waals surface area (Å²) in [6.45, 7) is 5.78. The molecule has 100 valence electrons. The monoisotopic (exact) mass is 252 g/mol. The van der Waals surface area contributed by atoms with Gasteiger partial charge >= 0.3 is 5.97 Å². The van der Waals surface area contributed by atoms with Gasteiger partial charge in [-0.15, -0.1) is 0 Å². The molecule has 0 spiro atoms. The van der Waals surface area contributed by atoms with Crippen molar-refractivity contribution < 1.29 is 9.90 Å². The van der Waals surface area contributed by atoms with Crippen LogP contribution in [-0.4, -0.2) is 51.4 Å². The van der Waals surface area contributed by atoms with Gasteiger partial charge in [-0.25, -0.2) is 0 Å². The second-order valence-corrected chi connectivity index (χ2v) is 4.64. The van der Waals surface area contributed by atoms with E-state index in [1.54, 1.807) is 0 Å². The van der Waals surface area contributed by atoms with E-state index >= 15 is 0 Å². The molecular formula is C12H20N4O2. The molecule has 6 heteroatoms. The van der Waals surface area contributed by atoms with Gasteiger partial charge in [0.2, 0.25) is 0 Å². The Morgan fingerprint density at radius 3 is 3.22 bits per heavy atom. The van der Waals surface area contributed by atoms with E-state index in [-0.39, 0.29) is 0 Å². The van der Waals surface area contributed by atoms with E-state index in [1.165, 1.54) is 0 Å². The molecule has 2 rings (SSSR count). The van der Waals surface area contributed by atoms with Crippen molar-refractivity contribution in [2.75, 3.05) is 19.6 Å². The minimum atomic E-state index is -0.761. The Bertz CT molecular complexity index is 405. The molecule has 0 aliphatic carbocycles. The number of aromatic nitrogens is 2. The van der Waals surface area contributed by atoms with Gasteiger partial charge in [-0.1, -0.05) is 6.92 Å². The number of hydrogen-bond acceptors (Lipinski definition) is 4. The molecule has 0 bridgehead atoms. The van der Waals surface area contributed by atoms with Crippen LogP contribution in [0.4, 0.5) is 0 Å². The van der Waals surface area contributed by atoms with E-state index in [0.717, 1.165) is 31.6 Å². The standard InChI is InChI=1S/C12H20N4O2/c1-2-4-16-9-10(6-14-16)8-15-5-3-13-7-11(15)12(17)18/h6,9,11,13H,2-5,7-8H2,1H3,(H,17,18). The van der Waals surface area contributed by atoms with E-state index in [9.17, 15) is 9.90 Å². The van der Waals surface area contributed by atoms with Crippen LogP contribution in [0, 0.1) is 0 Å². The van der Waals surface area contributed by atoms with Crippen molar-refractivity contribution in [3.63, 3.8) is 0 Å². The maximum atomic E-state index is 11.2. The molecule has 1 saturated heterocycles. The fourth-order valence-corrected chi connectivity index (χ4v) is 2.25. The van der Waals surface area contributed by atoms with Crippen molar-refractivity contribution in [1.29, 1.82) is 0 Å². The molecule has 1 fully saturated rings. The largest absolute Gasteiger partial charge is 0.480 e. The average molecular weight is 252 g/mol. The predicted molar refractivity (Wildman–Crippen MR) is 67.2 cm³/mol. The lowest BCUT2D eigenvalue weighted by Gasteiger charge is -2.32. The number of hydrogen-bond donors (Lipinski definition) is 2. The second kappa shape index (κ2) is 5.97. The van der Waals surface area contributed by atoms with E-state index in [0.29, 0.717) is 13.1 Å². The van der Waals surface area contributed by atoms with Crippen molar-refractivity contribution in [3.05, 3.63) is 18.0 Å². The first-order valence-corrected chi connectivity index (χ1v) is 6.39. The summed E-state index contributed by atoms with van der Waals surface area (Å²) in [7, 11) is 0. The molecule has 0 aromatic carbocycles. The Labute approximate surface area is 107 Å². The van der Waals surface area contributed by atoms with Gasteiger partial charge in [-0.2, -0.15) is 5.10 Å². The van der Waals surface area contributed by atoms with Crippen LogP contribution >= 0.6 is 0 Å². The van der Waals surface area contributed by atoms with E-state index in [2.05, 4.69) is 17.3 Å². The third-order valence-electron chi connectivity index (χ3n) is 3.16. The average Bonchev–Trinajstić information content (AvgIpc) is 2.77. The van der Waals surface area contributed by atoms with Crippen LogP contribution in [0.2, 0.25) is 0 Å². The highest BCUT2D eigenvalue weighted by Crippen LogP contribution is 2.10. The van der Waals surface area contributed by atoms with Crippen molar-refractivity contribution in [1.82, 2.24) is 20.0 Å². The number of rotatable bonds is 5. The van der Waals surface area contributed by atoms with Gasteiger partial charge in [0.15, 0.2) is 0 Å². The van der Waals surface area contributed by atoms with Crippen LogP contribution in [0.25, 0.3) is 0 Å².